The van der Waals surface area contributed by atoms with Gasteiger partial charge in [-0.1, -0.05) is 24.3 Å². The van der Waals surface area contributed by atoms with Gasteiger partial charge in [0.25, 0.3) is 0 Å². The van der Waals surface area contributed by atoms with Crippen LogP contribution in [-0.4, -0.2) is 57.5 Å². The number of hydrogen-bond donors (Lipinski definition) is 2. The molecule has 1 aromatic carbocycles. The van der Waals surface area contributed by atoms with Crippen LogP contribution in [0.15, 0.2) is 36.4 Å². The number of ether oxygens (including phenoxy) is 2. The molecule has 2 aliphatic heterocycles. The molecular weight excluding hydrogens is 302 g/mol. The largest absolute Gasteiger partial charge is 0.493 e. The predicted octanol–water partition coefficient (Wildman–Crippen LogP) is 1.86. The van der Waals surface area contributed by atoms with Crippen molar-refractivity contribution in [3.05, 3.63) is 36.4 Å². The molecule has 1 aliphatic carbocycles. The van der Waals surface area contributed by atoms with Crippen molar-refractivity contribution in [2.75, 3.05) is 40.9 Å². The molecule has 2 fully saturated rings. The first-order valence-electron chi connectivity index (χ1n) is 8.74. The number of methoxy groups -OCH3 is 2. The molecule has 5 heteroatoms. The molecule has 1 aromatic rings. The fraction of sp³-hybridized carbons (Fsp3) is 0.579. The van der Waals surface area contributed by atoms with Crippen molar-refractivity contribution in [1.82, 2.24) is 15.5 Å². The van der Waals surface area contributed by atoms with Crippen LogP contribution in [0.4, 0.5) is 0 Å². The van der Waals surface area contributed by atoms with Gasteiger partial charge >= 0.3 is 0 Å². The smallest absolute Gasteiger partial charge is 0.160 e. The maximum atomic E-state index is 5.01. The average molecular weight is 331 g/mol. The highest BCUT2D eigenvalue weighted by Crippen LogP contribution is 2.35. The summed E-state index contributed by atoms with van der Waals surface area (Å²) in [5.74, 6) is 2.34. The number of fused-ring (bicyclic) bond motifs is 1. The topological polar surface area (TPSA) is 45.8 Å². The summed E-state index contributed by atoms with van der Waals surface area (Å²) in [5.41, 5.74) is 0.125. The highest BCUT2D eigenvalue weighted by molar-refractivity contribution is 5.39. The van der Waals surface area contributed by atoms with Crippen LogP contribution in [0.3, 0.4) is 0 Å². The molecule has 0 bridgehead atoms. The summed E-state index contributed by atoms with van der Waals surface area (Å²) in [7, 11) is 5.50. The molecule has 0 radical (unpaired) electrons. The van der Waals surface area contributed by atoms with Crippen LogP contribution in [0, 0.1) is 5.92 Å². The van der Waals surface area contributed by atoms with Gasteiger partial charge in [0, 0.05) is 19.1 Å². The van der Waals surface area contributed by atoms with Crippen molar-refractivity contribution in [2.45, 2.75) is 24.5 Å². The van der Waals surface area contributed by atoms with E-state index < -0.39 is 0 Å². The predicted molar refractivity (Wildman–Crippen MR) is 96.6 cm³/mol. The van der Waals surface area contributed by atoms with Gasteiger partial charge < -0.3 is 14.4 Å². The summed E-state index contributed by atoms with van der Waals surface area (Å²) in [6.45, 7) is 3.46. The van der Waals surface area contributed by atoms with Crippen molar-refractivity contribution in [1.29, 1.82) is 0 Å². The maximum absolute atomic E-state index is 5.01. The van der Waals surface area contributed by atoms with E-state index >= 15 is 0 Å². The molecule has 2 saturated heterocycles. The Morgan fingerprint density at radius 3 is 2.29 bits per heavy atom. The van der Waals surface area contributed by atoms with Crippen LogP contribution in [-0.2, 0) is 0 Å². The van der Waals surface area contributed by atoms with Crippen molar-refractivity contribution < 1.29 is 9.47 Å². The molecule has 2 unspecified atom stereocenters. The number of nitrogens with one attached hydrogen (secondary N) is 2. The summed E-state index contributed by atoms with van der Waals surface area (Å²) in [6, 6.07) is 8.28. The zero-order valence-corrected chi connectivity index (χ0v) is 14.9. The number of likely N-dealkylation sites (tertiary alicyclic amines) is 1. The monoisotopic (exact) mass is 331 g/mol. The van der Waals surface area contributed by atoms with Gasteiger partial charge in [-0.15, -0.1) is 0 Å². The van der Waals surface area contributed by atoms with E-state index in [1.165, 1.54) is 19.4 Å². The van der Waals surface area contributed by atoms with Gasteiger partial charge in [0.15, 0.2) is 11.5 Å². The third-order valence-electron chi connectivity index (χ3n) is 5.33. The molecular formula is C19H29N3O2. The summed E-state index contributed by atoms with van der Waals surface area (Å²) < 4.78 is 10.0. The van der Waals surface area contributed by atoms with Gasteiger partial charge in [-0.05, 0) is 44.5 Å². The Kier molecular flexibility index (Phi) is 5.43. The highest BCUT2D eigenvalue weighted by atomic mass is 16.5. The number of rotatable bonds is 2. The van der Waals surface area contributed by atoms with Crippen LogP contribution < -0.4 is 20.1 Å². The normalized spacial score (nSPS) is 27.5. The molecule has 132 valence electrons. The van der Waals surface area contributed by atoms with Crippen LogP contribution in [0.5, 0.6) is 11.5 Å². The molecule has 24 heavy (non-hydrogen) atoms. The second kappa shape index (κ2) is 7.55. The minimum atomic E-state index is 0.125. The molecule has 0 aromatic heterocycles. The first kappa shape index (κ1) is 17.3. The van der Waals surface area contributed by atoms with Gasteiger partial charge in [-0.25, -0.2) is 0 Å². The molecule has 2 heterocycles. The lowest BCUT2D eigenvalue weighted by molar-refractivity contribution is 0.207. The average Bonchev–Trinajstić information content (AvgIpc) is 3.23. The van der Waals surface area contributed by atoms with E-state index in [-0.39, 0.29) is 5.66 Å². The Balaban J connectivity index is 0.000000150. The molecule has 4 rings (SSSR count). The van der Waals surface area contributed by atoms with Gasteiger partial charge in [0.2, 0.25) is 0 Å². The Bertz CT molecular complexity index is 546. The molecule has 1 spiro atoms. The maximum Gasteiger partial charge on any atom is 0.160 e. The molecule has 3 aliphatic rings. The number of hydrogen-bond acceptors (Lipinski definition) is 5. The van der Waals surface area contributed by atoms with Gasteiger partial charge in [0.1, 0.15) is 0 Å². The first-order valence-corrected chi connectivity index (χ1v) is 8.74. The van der Waals surface area contributed by atoms with E-state index in [1.54, 1.807) is 14.2 Å². The Morgan fingerprint density at radius 2 is 1.71 bits per heavy atom. The summed E-state index contributed by atoms with van der Waals surface area (Å²) in [6.07, 6.45) is 7.35. The molecule has 5 nitrogen and oxygen atoms in total. The third-order valence-corrected chi connectivity index (χ3v) is 5.33. The Labute approximate surface area is 145 Å². The second-order valence-electron chi connectivity index (χ2n) is 6.74. The summed E-state index contributed by atoms with van der Waals surface area (Å²) >= 11 is 0. The lowest BCUT2D eigenvalue weighted by atomic mass is 9.85. The third kappa shape index (κ3) is 3.58. The van der Waals surface area contributed by atoms with Crippen LogP contribution >= 0.6 is 0 Å². The van der Waals surface area contributed by atoms with E-state index in [0.29, 0.717) is 0 Å². The second-order valence-corrected chi connectivity index (χ2v) is 6.74. The van der Waals surface area contributed by atoms with Crippen molar-refractivity contribution in [3.8, 4) is 11.5 Å². The molecule has 0 amide bonds. The van der Waals surface area contributed by atoms with E-state index in [1.807, 2.05) is 24.3 Å². The minimum Gasteiger partial charge on any atom is -0.493 e. The minimum absolute atomic E-state index is 0.125. The van der Waals surface area contributed by atoms with Crippen LogP contribution in [0.1, 0.15) is 12.8 Å². The SMILES string of the molecule is CN1CCC2C=CC3(CC21)NCCN3.COc1ccccc1OC. The van der Waals surface area contributed by atoms with Crippen molar-refractivity contribution in [2.24, 2.45) is 5.92 Å². The highest BCUT2D eigenvalue weighted by Gasteiger charge is 2.42. The van der Waals surface area contributed by atoms with E-state index in [0.717, 1.165) is 36.5 Å². The zero-order chi connectivity index (χ0) is 17.0. The van der Waals surface area contributed by atoms with E-state index in [9.17, 15) is 0 Å². The molecule has 2 N–H and O–H groups in total. The zero-order valence-electron chi connectivity index (χ0n) is 14.9. The van der Waals surface area contributed by atoms with Crippen LogP contribution in [0.25, 0.3) is 0 Å². The number of benzene rings is 1. The molecule has 0 saturated carbocycles. The van der Waals surface area contributed by atoms with E-state index in [2.05, 4.69) is 34.7 Å². The van der Waals surface area contributed by atoms with Crippen molar-refractivity contribution in [3.63, 3.8) is 0 Å². The Hall–Kier alpha value is -1.56. The van der Waals surface area contributed by atoms with E-state index in [4.69, 9.17) is 9.47 Å². The van der Waals surface area contributed by atoms with Gasteiger partial charge in [0.05, 0.1) is 19.9 Å². The van der Waals surface area contributed by atoms with Gasteiger partial charge in [-0.3, -0.25) is 10.6 Å². The lowest BCUT2D eigenvalue weighted by Gasteiger charge is -2.37. The first-order chi connectivity index (χ1) is 11.7. The van der Waals surface area contributed by atoms with Crippen LogP contribution in [0.2, 0.25) is 0 Å². The fourth-order valence-corrected chi connectivity index (χ4v) is 3.94. The quantitative estimate of drug-likeness (QED) is 0.810. The Morgan fingerprint density at radius 1 is 1.08 bits per heavy atom. The number of nitrogens with zero attached hydrogens (tertiary/aromatic N) is 1. The summed E-state index contributed by atoms with van der Waals surface area (Å²) in [5, 5.41) is 7.16. The number of para-hydroxylation sites is 2. The van der Waals surface area contributed by atoms with Gasteiger partial charge in [-0.2, -0.15) is 0 Å². The van der Waals surface area contributed by atoms with Crippen molar-refractivity contribution >= 4 is 0 Å². The lowest BCUT2D eigenvalue weighted by Crippen LogP contribution is -2.54. The fourth-order valence-electron chi connectivity index (χ4n) is 3.94. The molecule has 2 atom stereocenters. The summed E-state index contributed by atoms with van der Waals surface area (Å²) in [4.78, 5) is 2.51. The standard InChI is InChI=1S/C11H19N3.C8H10O2/c1-14-7-3-9-2-4-11(8-10(9)14)12-5-6-13-11;1-9-7-5-3-4-6-8(7)10-2/h2,4,9-10,12-13H,3,5-8H2,1H3;3-6H,1-2H3.